The van der Waals surface area contributed by atoms with Crippen molar-refractivity contribution in [2.75, 3.05) is 59.5 Å². The fraction of sp³-hybridized carbons (Fsp3) is 1.00. The number of hydrogen-bond donors (Lipinski definition) is 0. The Morgan fingerprint density at radius 3 is 0.722 bits per heavy atom. The van der Waals surface area contributed by atoms with Crippen molar-refractivity contribution < 1.29 is 42.6 Å². The molecule has 0 saturated carbocycles. The van der Waals surface area contributed by atoms with Crippen molar-refractivity contribution in [2.45, 2.75) is 109 Å². The molecule has 0 aromatic carbocycles. The Labute approximate surface area is 211 Å². The molecular formula is C27H38O9. The third-order valence-electron chi connectivity index (χ3n) is 12.1. The lowest BCUT2D eigenvalue weighted by atomic mass is 9.43. The van der Waals surface area contributed by atoms with Gasteiger partial charge in [0.05, 0.1) is 58.5 Å². The van der Waals surface area contributed by atoms with E-state index in [1.165, 1.54) is 0 Å². The first-order valence-corrected chi connectivity index (χ1v) is 14.4. The van der Waals surface area contributed by atoms with Crippen LogP contribution in [0.4, 0.5) is 0 Å². The van der Waals surface area contributed by atoms with Crippen LogP contribution in [0.15, 0.2) is 0 Å². The maximum Gasteiger partial charge on any atom is 0.134 e. The Kier molecular flexibility index (Phi) is 4.39. The van der Waals surface area contributed by atoms with Crippen LogP contribution >= 0.6 is 0 Å². The summed E-state index contributed by atoms with van der Waals surface area (Å²) in [6.45, 7) is 6.52. The smallest absolute Gasteiger partial charge is 0.134 e. The molecule has 9 aliphatic heterocycles. The van der Waals surface area contributed by atoms with E-state index in [4.69, 9.17) is 42.6 Å². The molecule has 8 unspecified atom stereocenters. The minimum Gasteiger partial charge on any atom is -0.375 e. The Morgan fingerprint density at radius 2 is 0.583 bits per heavy atom. The second-order valence-corrected chi connectivity index (χ2v) is 12.4. The standard InChI is InChI=1S/C27H38O9/c1-10-28-19(1)21(3-12-30-21)23(5-14-32-23)25(7-16-34-25)27(9-18-36-27)26(8-17-35-26)24(6-15-33-24)22(4-13-31-22)20-2-11-29-20/h19-20H,1-18H2. The van der Waals surface area contributed by atoms with Crippen LogP contribution in [0.5, 0.6) is 0 Å². The van der Waals surface area contributed by atoms with E-state index in [9.17, 15) is 0 Å². The normalized spacial score (nSPS) is 61.3. The van der Waals surface area contributed by atoms with Crippen LogP contribution in [0, 0.1) is 0 Å². The average molecular weight is 507 g/mol. The highest BCUT2D eigenvalue weighted by Gasteiger charge is 2.91. The van der Waals surface area contributed by atoms with Crippen molar-refractivity contribution in [3.63, 3.8) is 0 Å². The summed E-state index contributed by atoms with van der Waals surface area (Å²) in [4.78, 5) is 0. The quantitative estimate of drug-likeness (QED) is 0.488. The third kappa shape index (κ3) is 2.01. The van der Waals surface area contributed by atoms with Gasteiger partial charge in [-0.05, 0) is 12.8 Å². The fourth-order valence-corrected chi connectivity index (χ4v) is 9.92. The van der Waals surface area contributed by atoms with Crippen molar-refractivity contribution in [1.82, 2.24) is 0 Å². The molecular weight excluding hydrogens is 468 g/mol. The first-order chi connectivity index (χ1) is 17.7. The second kappa shape index (κ2) is 7.04. The molecule has 0 aromatic rings. The first-order valence-electron chi connectivity index (χ1n) is 14.4. The molecule has 9 heteroatoms. The lowest BCUT2D eigenvalue weighted by Crippen LogP contribution is -2.98. The van der Waals surface area contributed by atoms with Gasteiger partial charge in [0.1, 0.15) is 39.2 Å². The molecule has 9 rings (SSSR count). The van der Waals surface area contributed by atoms with Crippen LogP contribution in [-0.4, -0.2) is 111 Å². The van der Waals surface area contributed by atoms with Gasteiger partial charge in [0.2, 0.25) is 0 Å². The van der Waals surface area contributed by atoms with E-state index >= 15 is 0 Å². The Morgan fingerprint density at radius 1 is 0.333 bits per heavy atom. The van der Waals surface area contributed by atoms with Crippen molar-refractivity contribution >= 4 is 0 Å². The van der Waals surface area contributed by atoms with Crippen molar-refractivity contribution in [1.29, 1.82) is 0 Å². The van der Waals surface area contributed by atoms with Crippen LogP contribution in [0.25, 0.3) is 0 Å². The van der Waals surface area contributed by atoms with Crippen molar-refractivity contribution in [3.8, 4) is 0 Å². The van der Waals surface area contributed by atoms with Gasteiger partial charge in [-0.1, -0.05) is 0 Å². The van der Waals surface area contributed by atoms with Crippen LogP contribution in [-0.2, 0) is 42.6 Å². The zero-order valence-corrected chi connectivity index (χ0v) is 21.1. The van der Waals surface area contributed by atoms with E-state index in [1.807, 2.05) is 0 Å². The number of rotatable bonds is 8. The Hall–Kier alpha value is -0.360. The van der Waals surface area contributed by atoms with E-state index in [2.05, 4.69) is 0 Å². The zero-order chi connectivity index (χ0) is 23.7. The van der Waals surface area contributed by atoms with Gasteiger partial charge in [0.15, 0.2) is 0 Å². The lowest BCUT2D eigenvalue weighted by Gasteiger charge is -2.81. The van der Waals surface area contributed by atoms with Gasteiger partial charge in [-0.2, -0.15) is 0 Å². The second-order valence-electron chi connectivity index (χ2n) is 12.4. The third-order valence-corrected chi connectivity index (χ3v) is 12.1. The van der Waals surface area contributed by atoms with Crippen LogP contribution < -0.4 is 0 Å². The summed E-state index contributed by atoms with van der Waals surface area (Å²) < 4.78 is 59.4. The minimum atomic E-state index is -0.692. The topological polar surface area (TPSA) is 83.1 Å². The predicted molar refractivity (Wildman–Crippen MR) is 122 cm³/mol. The summed E-state index contributed by atoms with van der Waals surface area (Å²) in [5.74, 6) is 0. The molecule has 0 aliphatic carbocycles. The maximum absolute atomic E-state index is 6.88. The zero-order valence-electron chi connectivity index (χ0n) is 21.1. The van der Waals surface area contributed by atoms with Gasteiger partial charge in [-0.15, -0.1) is 0 Å². The molecule has 9 aliphatic rings. The van der Waals surface area contributed by atoms with Gasteiger partial charge >= 0.3 is 0 Å². The van der Waals surface area contributed by atoms with Gasteiger partial charge in [0.25, 0.3) is 0 Å². The van der Waals surface area contributed by atoms with Crippen LogP contribution in [0.2, 0.25) is 0 Å². The van der Waals surface area contributed by atoms with E-state index < -0.39 is 39.2 Å². The molecule has 9 saturated heterocycles. The van der Waals surface area contributed by atoms with Crippen LogP contribution in [0.1, 0.15) is 57.8 Å². The molecule has 0 N–H and O–H groups in total. The van der Waals surface area contributed by atoms with E-state index in [-0.39, 0.29) is 12.2 Å². The fourth-order valence-electron chi connectivity index (χ4n) is 9.92. The largest absolute Gasteiger partial charge is 0.375 e. The molecule has 0 radical (unpaired) electrons. The van der Waals surface area contributed by atoms with Gasteiger partial charge in [-0.3, -0.25) is 0 Å². The van der Waals surface area contributed by atoms with Crippen LogP contribution in [0.3, 0.4) is 0 Å². The summed E-state index contributed by atoms with van der Waals surface area (Å²) >= 11 is 0. The Balaban J connectivity index is 1.20. The monoisotopic (exact) mass is 506 g/mol. The molecule has 36 heavy (non-hydrogen) atoms. The molecule has 200 valence electrons. The first kappa shape index (κ1) is 22.5. The minimum absolute atomic E-state index is 0.0432. The SMILES string of the molecule is C1CC(C2(C3(C4(C5(C6(C7(C8(C9CCO9)CCO8)CCO7)CCO6)CCO5)CCO4)CCO3)CCO2)O1. The number of ether oxygens (including phenoxy) is 9. The summed E-state index contributed by atoms with van der Waals surface area (Å²) in [7, 11) is 0. The summed E-state index contributed by atoms with van der Waals surface area (Å²) in [5.41, 5.74) is -4.24. The summed E-state index contributed by atoms with van der Waals surface area (Å²) in [6.07, 6.45) is 8.29. The molecule has 8 atom stereocenters. The molecule has 0 bridgehead atoms. The summed E-state index contributed by atoms with van der Waals surface area (Å²) in [6, 6.07) is 0. The molecule has 0 spiro atoms. The molecule has 9 nitrogen and oxygen atoms in total. The lowest BCUT2D eigenvalue weighted by molar-refractivity contribution is -0.517. The van der Waals surface area contributed by atoms with E-state index in [1.54, 1.807) is 0 Å². The molecule has 0 amide bonds. The highest BCUT2D eigenvalue weighted by Crippen LogP contribution is 2.73. The highest BCUT2D eigenvalue weighted by molar-refractivity contribution is 5.40. The summed E-state index contributed by atoms with van der Waals surface area (Å²) in [5, 5.41) is 0. The Bertz CT molecular complexity index is 844. The molecule has 0 aromatic heterocycles. The highest BCUT2D eigenvalue weighted by atomic mass is 16.7. The number of hydrogen-bond acceptors (Lipinski definition) is 9. The van der Waals surface area contributed by atoms with Gasteiger partial charge in [-0.25, -0.2) is 0 Å². The maximum atomic E-state index is 6.88. The van der Waals surface area contributed by atoms with E-state index in [0.717, 1.165) is 84.2 Å². The molecule has 9 fully saturated rings. The van der Waals surface area contributed by atoms with Crippen molar-refractivity contribution in [2.24, 2.45) is 0 Å². The predicted octanol–water partition coefficient (Wildman–Crippen LogP) is 1.68. The molecule has 9 heterocycles. The average Bonchev–Trinajstić information content (AvgIpc) is 2.57. The van der Waals surface area contributed by atoms with Gasteiger partial charge < -0.3 is 42.6 Å². The van der Waals surface area contributed by atoms with E-state index in [0.29, 0.717) is 33.0 Å². The van der Waals surface area contributed by atoms with Crippen molar-refractivity contribution in [3.05, 3.63) is 0 Å². The van der Waals surface area contributed by atoms with Gasteiger partial charge in [0, 0.05) is 58.2 Å².